The summed E-state index contributed by atoms with van der Waals surface area (Å²) in [6.07, 6.45) is 1.08. The molecule has 0 amide bonds. The molecule has 3 aliphatic carbocycles. The Hall–Kier alpha value is -1.69. The molecular formula is C26H38O6. The Bertz CT molecular complexity index is 891. The van der Waals surface area contributed by atoms with Gasteiger partial charge in [0, 0.05) is 18.3 Å². The van der Waals surface area contributed by atoms with Gasteiger partial charge in [-0.1, -0.05) is 34.3 Å². The number of Topliss-reactive ketones (excluding diaryl/α,β-unsaturated/α-hetero) is 1. The molecule has 1 heterocycles. The molecular weight excluding hydrogens is 408 g/mol. The standard InChI is InChI=1S/C26H38O6/c1-13-18(28)19-24(6)12-10-17(32-15(3)27)23(4,5)16(24)9-11-25(19,7)20-22(30)31-14(2)21(29)26(13,20)8/h14,16-20,28H,1,9-12H2,2-8H3. The third-order valence-corrected chi connectivity index (χ3v) is 10.2. The zero-order chi connectivity index (χ0) is 24.0. The fourth-order valence-corrected chi connectivity index (χ4v) is 8.83. The average molecular weight is 447 g/mol. The van der Waals surface area contributed by atoms with Gasteiger partial charge < -0.3 is 14.6 Å². The predicted octanol–water partition coefficient (Wildman–Crippen LogP) is 3.84. The number of ketones is 1. The highest BCUT2D eigenvalue weighted by atomic mass is 16.6. The lowest BCUT2D eigenvalue weighted by Gasteiger charge is -2.69. The fraction of sp³-hybridized carbons (Fsp3) is 0.808. The summed E-state index contributed by atoms with van der Waals surface area (Å²) < 4.78 is 11.2. The second-order valence-corrected chi connectivity index (χ2v) is 12.1. The first-order chi connectivity index (χ1) is 14.6. The van der Waals surface area contributed by atoms with E-state index >= 15 is 0 Å². The van der Waals surface area contributed by atoms with Crippen LogP contribution in [0.1, 0.15) is 74.1 Å². The molecule has 3 saturated carbocycles. The third-order valence-electron chi connectivity index (χ3n) is 10.2. The Kier molecular flexibility index (Phi) is 5.07. The number of aliphatic hydroxyl groups is 1. The van der Waals surface area contributed by atoms with Crippen LogP contribution >= 0.6 is 0 Å². The van der Waals surface area contributed by atoms with Crippen LogP contribution < -0.4 is 0 Å². The molecule has 0 aromatic rings. The van der Waals surface area contributed by atoms with Crippen LogP contribution in [0.3, 0.4) is 0 Å². The van der Waals surface area contributed by atoms with Gasteiger partial charge in [0.15, 0.2) is 11.9 Å². The molecule has 32 heavy (non-hydrogen) atoms. The first kappa shape index (κ1) is 23.5. The highest BCUT2D eigenvalue weighted by Crippen LogP contribution is 2.72. The summed E-state index contributed by atoms with van der Waals surface area (Å²) in [4.78, 5) is 38.4. The summed E-state index contributed by atoms with van der Waals surface area (Å²) in [6, 6.07) is 0. The number of carbonyl (C=O) groups is 3. The summed E-state index contributed by atoms with van der Waals surface area (Å²) in [5.74, 6) is -1.51. The Labute approximate surface area is 191 Å². The van der Waals surface area contributed by atoms with Crippen LogP contribution in [0, 0.1) is 39.4 Å². The zero-order valence-corrected chi connectivity index (χ0v) is 20.5. The van der Waals surface area contributed by atoms with Crippen molar-refractivity contribution >= 4 is 17.7 Å². The quantitative estimate of drug-likeness (QED) is 0.486. The number of ether oxygens (including phenoxy) is 2. The van der Waals surface area contributed by atoms with E-state index in [0.29, 0.717) is 18.4 Å². The van der Waals surface area contributed by atoms with Gasteiger partial charge in [0.05, 0.1) is 17.4 Å². The van der Waals surface area contributed by atoms with E-state index in [-0.39, 0.29) is 46.5 Å². The molecule has 6 heteroatoms. The minimum absolute atomic E-state index is 0.169. The van der Waals surface area contributed by atoms with E-state index in [1.807, 2.05) is 0 Å². The van der Waals surface area contributed by atoms with E-state index in [0.717, 1.165) is 12.8 Å². The van der Waals surface area contributed by atoms with Crippen LogP contribution in [0.25, 0.3) is 0 Å². The van der Waals surface area contributed by atoms with Crippen molar-refractivity contribution in [2.24, 2.45) is 39.4 Å². The van der Waals surface area contributed by atoms with Crippen LogP contribution in [0.15, 0.2) is 12.2 Å². The van der Waals surface area contributed by atoms with Gasteiger partial charge in [0.1, 0.15) is 6.10 Å². The lowest BCUT2D eigenvalue weighted by molar-refractivity contribution is -0.241. The van der Waals surface area contributed by atoms with Crippen molar-refractivity contribution in [2.75, 3.05) is 0 Å². The van der Waals surface area contributed by atoms with E-state index in [1.165, 1.54) is 6.92 Å². The normalized spacial score (nSPS) is 49.9. The van der Waals surface area contributed by atoms with Crippen LogP contribution in [0.2, 0.25) is 0 Å². The van der Waals surface area contributed by atoms with Crippen molar-refractivity contribution in [2.45, 2.75) is 92.5 Å². The molecule has 1 N–H and O–H groups in total. The molecule has 4 aliphatic rings. The molecule has 6 nitrogen and oxygen atoms in total. The molecule has 0 aromatic carbocycles. The predicted molar refractivity (Wildman–Crippen MR) is 118 cm³/mol. The summed E-state index contributed by atoms with van der Waals surface area (Å²) in [5.41, 5.74) is -1.87. The SMILES string of the molecule is C=C1C(O)C2C(C)(CCC3C(C)(C)C(OC(C)=O)CCC32C)C2C(=O)OC(C)C(=O)C12C. The number of rotatable bonds is 1. The smallest absolute Gasteiger partial charge is 0.311 e. The van der Waals surface area contributed by atoms with Crippen molar-refractivity contribution in [3.05, 3.63) is 12.2 Å². The third kappa shape index (κ3) is 2.71. The number of hydrogen-bond donors (Lipinski definition) is 1. The fourth-order valence-electron chi connectivity index (χ4n) is 8.83. The highest BCUT2D eigenvalue weighted by molar-refractivity contribution is 6.00. The van der Waals surface area contributed by atoms with Crippen LogP contribution in [-0.4, -0.2) is 41.1 Å². The second kappa shape index (κ2) is 6.91. The van der Waals surface area contributed by atoms with E-state index in [4.69, 9.17) is 9.47 Å². The number of carbonyl (C=O) groups excluding carboxylic acids is 3. The van der Waals surface area contributed by atoms with E-state index in [2.05, 4.69) is 34.3 Å². The number of fused-ring (bicyclic) bond motifs is 5. The second-order valence-electron chi connectivity index (χ2n) is 12.1. The maximum absolute atomic E-state index is 13.3. The molecule has 4 fully saturated rings. The van der Waals surface area contributed by atoms with Gasteiger partial charge in [0.25, 0.3) is 0 Å². The lowest BCUT2D eigenvalue weighted by atomic mass is 9.35. The van der Waals surface area contributed by atoms with E-state index in [9.17, 15) is 19.5 Å². The van der Waals surface area contributed by atoms with Crippen LogP contribution in [-0.2, 0) is 23.9 Å². The minimum atomic E-state index is -1.13. The highest BCUT2D eigenvalue weighted by Gasteiger charge is 2.73. The lowest BCUT2D eigenvalue weighted by Crippen LogP contribution is -2.71. The van der Waals surface area contributed by atoms with Gasteiger partial charge in [-0.05, 0) is 61.9 Å². The topological polar surface area (TPSA) is 89.9 Å². The Morgan fingerprint density at radius 3 is 2.28 bits per heavy atom. The van der Waals surface area contributed by atoms with Crippen LogP contribution in [0.4, 0.5) is 0 Å². The summed E-state index contributed by atoms with van der Waals surface area (Å²) >= 11 is 0. The number of hydrogen-bond acceptors (Lipinski definition) is 6. The van der Waals surface area contributed by atoms with Gasteiger partial charge >= 0.3 is 11.9 Å². The molecule has 0 aromatic heterocycles. The summed E-state index contributed by atoms with van der Waals surface area (Å²) in [5, 5.41) is 11.7. The van der Waals surface area contributed by atoms with Gasteiger partial charge in [-0.15, -0.1) is 0 Å². The molecule has 9 atom stereocenters. The van der Waals surface area contributed by atoms with E-state index in [1.54, 1.807) is 13.8 Å². The number of aliphatic hydroxyl groups excluding tert-OH is 1. The average Bonchev–Trinajstić information content (AvgIpc) is 2.66. The minimum Gasteiger partial charge on any atom is -0.462 e. The van der Waals surface area contributed by atoms with Gasteiger partial charge in [0.2, 0.25) is 0 Å². The molecule has 178 valence electrons. The Balaban J connectivity index is 1.82. The molecule has 9 unspecified atom stereocenters. The largest absolute Gasteiger partial charge is 0.462 e. The van der Waals surface area contributed by atoms with Crippen molar-refractivity contribution in [3.8, 4) is 0 Å². The maximum atomic E-state index is 13.3. The van der Waals surface area contributed by atoms with Crippen LogP contribution in [0.5, 0.6) is 0 Å². The van der Waals surface area contributed by atoms with Crippen molar-refractivity contribution in [3.63, 3.8) is 0 Å². The first-order valence-corrected chi connectivity index (χ1v) is 11.9. The Morgan fingerprint density at radius 2 is 1.69 bits per heavy atom. The first-order valence-electron chi connectivity index (χ1n) is 11.9. The monoisotopic (exact) mass is 446 g/mol. The van der Waals surface area contributed by atoms with Crippen molar-refractivity contribution < 1.29 is 29.0 Å². The molecule has 0 spiro atoms. The number of cyclic esters (lactones) is 1. The summed E-state index contributed by atoms with van der Waals surface area (Å²) in [6.45, 7) is 17.6. The summed E-state index contributed by atoms with van der Waals surface area (Å²) in [7, 11) is 0. The van der Waals surface area contributed by atoms with E-state index < -0.39 is 29.0 Å². The van der Waals surface area contributed by atoms with Gasteiger partial charge in [-0.2, -0.15) is 0 Å². The molecule has 1 aliphatic heterocycles. The molecule has 0 bridgehead atoms. The van der Waals surface area contributed by atoms with Gasteiger partial charge in [-0.3, -0.25) is 14.4 Å². The van der Waals surface area contributed by atoms with Crippen molar-refractivity contribution in [1.29, 1.82) is 0 Å². The molecule has 4 rings (SSSR count). The maximum Gasteiger partial charge on any atom is 0.311 e. The molecule has 1 saturated heterocycles. The zero-order valence-electron chi connectivity index (χ0n) is 20.5. The Morgan fingerprint density at radius 1 is 1.09 bits per heavy atom. The molecule has 0 radical (unpaired) electrons. The number of esters is 2. The van der Waals surface area contributed by atoms with Gasteiger partial charge in [-0.25, -0.2) is 0 Å². The van der Waals surface area contributed by atoms with Crippen molar-refractivity contribution in [1.82, 2.24) is 0 Å².